The largest absolute Gasteiger partial charge is 0.324 e. The highest BCUT2D eigenvalue weighted by Gasteiger charge is 2.29. The molecule has 2 heterocycles. The average Bonchev–Trinajstić information content (AvgIpc) is 2.67. The zero-order valence-corrected chi connectivity index (χ0v) is 9.08. The molecule has 0 bridgehead atoms. The lowest BCUT2D eigenvalue weighted by atomic mass is 10.1. The molecule has 1 aromatic heterocycles. The van der Waals surface area contributed by atoms with E-state index in [9.17, 15) is 9.59 Å². The van der Waals surface area contributed by atoms with Crippen LogP contribution in [0, 0.1) is 0 Å². The molecule has 15 heavy (non-hydrogen) atoms. The van der Waals surface area contributed by atoms with Crippen molar-refractivity contribution in [3.8, 4) is 0 Å². The highest BCUT2D eigenvalue weighted by molar-refractivity contribution is 7.11. The number of amides is 3. The number of nitrogens with zero attached hydrogens (tertiary/aromatic N) is 2. The molecule has 1 fully saturated rings. The molecule has 5 nitrogen and oxygen atoms in total. The average molecular weight is 225 g/mol. The number of likely N-dealkylation sites (tertiary alicyclic amines) is 1. The van der Waals surface area contributed by atoms with E-state index in [1.807, 2.05) is 6.92 Å². The molecule has 0 spiro atoms. The Bertz CT molecular complexity index is 377. The number of thiazole rings is 1. The van der Waals surface area contributed by atoms with Gasteiger partial charge in [0.2, 0.25) is 0 Å². The van der Waals surface area contributed by atoms with E-state index in [2.05, 4.69) is 10.3 Å². The fourth-order valence-corrected chi connectivity index (χ4v) is 1.91. The lowest BCUT2D eigenvalue weighted by molar-refractivity contribution is 0.0907. The monoisotopic (exact) mass is 225 g/mol. The van der Waals surface area contributed by atoms with E-state index in [1.54, 1.807) is 10.3 Å². The third-order valence-corrected chi connectivity index (χ3v) is 3.20. The van der Waals surface area contributed by atoms with Gasteiger partial charge >= 0.3 is 6.03 Å². The molecule has 1 N–H and O–H groups in total. The second kappa shape index (κ2) is 3.98. The van der Waals surface area contributed by atoms with Crippen LogP contribution in [0.4, 0.5) is 4.79 Å². The van der Waals surface area contributed by atoms with Gasteiger partial charge in [-0.25, -0.2) is 9.78 Å². The fourth-order valence-electron chi connectivity index (χ4n) is 1.38. The number of hydrogen-bond acceptors (Lipinski definition) is 4. The summed E-state index contributed by atoms with van der Waals surface area (Å²) in [5, 5.41) is 4.33. The summed E-state index contributed by atoms with van der Waals surface area (Å²) >= 11 is 1.22. The first-order chi connectivity index (χ1) is 7.18. The van der Waals surface area contributed by atoms with Gasteiger partial charge in [0.05, 0.1) is 0 Å². The van der Waals surface area contributed by atoms with Crippen LogP contribution < -0.4 is 5.32 Å². The van der Waals surface area contributed by atoms with E-state index in [1.165, 1.54) is 17.5 Å². The Morgan fingerprint density at radius 3 is 2.93 bits per heavy atom. The Hall–Kier alpha value is -1.43. The van der Waals surface area contributed by atoms with Gasteiger partial charge in [0.25, 0.3) is 5.91 Å². The topological polar surface area (TPSA) is 62.3 Å². The summed E-state index contributed by atoms with van der Waals surface area (Å²) in [4.78, 5) is 28.4. The molecule has 0 aliphatic carbocycles. The van der Waals surface area contributed by atoms with Crippen LogP contribution in [0.2, 0.25) is 0 Å². The third-order valence-electron chi connectivity index (χ3n) is 2.43. The number of imide groups is 1. The molecule has 0 saturated carbocycles. The molecule has 6 heteroatoms. The van der Waals surface area contributed by atoms with Gasteiger partial charge in [-0.3, -0.25) is 10.1 Å². The molecule has 1 unspecified atom stereocenters. The van der Waals surface area contributed by atoms with Crippen LogP contribution >= 0.6 is 11.3 Å². The number of nitrogens with one attached hydrogen (secondary N) is 1. The Morgan fingerprint density at radius 1 is 1.67 bits per heavy atom. The first kappa shape index (κ1) is 10.1. The summed E-state index contributed by atoms with van der Waals surface area (Å²) in [6, 6.07) is -0.0944. The molecule has 1 aromatic rings. The van der Waals surface area contributed by atoms with Crippen molar-refractivity contribution < 1.29 is 9.59 Å². The first-order valence-corrected chi connectivity index (χ1v) is 5.58. The second-order valence-corrected chi connectivity index (χ2v) is 4.32. The van der Waals surface area contributed by atoms with Gasteiger partial charge in [-0.2, -0.15) is 0 Å². The standard InChI is InChI=1S/C9H11N3O2S/c1-6-2-4-12(6)9(14)11-7(13)8-10-3-5-15-8/h3,5-6H,2,4H2,1H3,(H,11,13,14). The van der Waals surface area contributed by atoms with Crippen molar-refractivity contribution in [1.82, 2.24) is 15.2 Å². The Morgan fingerprint density at radius 2 is 2.47 bits per heavy atom. The smallest absolute Gasteiger partial charge is 0.322 e. The van der Waals surface area contributed by atoms with E-state index in [4.69, 9.17) is 0 Å². The van der Waals surface area contributed by atoms with Gasteiger partial charge in [-0.1, -0.05) is 0 Å². The van der Waals surface area contributed by atoms with Crippen molar-refractivity contribution in [1.29, 1.82) is 0 Å². The second-order valence-electron chi connectivity index (χ2n) is 3.43. The summed E-state index contributed by atoms with van der Waals surface area (Å²) in [5.41, 5.74) is 0. The molecule has 1 aliphatic heterocycles. The molecular weight excluding hydrogens is 214 g/mol. The number of carbonyl (C=O) groups is 2. The number of carbonyl (C=O) groups excluding carboxylic acids is 2. The third kappa shape index (κ3) is 1.99. The first-order valence-electron chi connectivity index (χ1n) is 4.70. The van der Waals surface area contributed by atoms with Gasteiger partial charge in [0, 0.05) is 24.2 Å². The highest BCUT2D eigenvalue weighted by atomic mass is 32.1. The minimum absolute atomic E-state index is 0.231. The molecule has 3 amide bonds. The van der Waals surface area contributed by atoms with Gasteiger partial charge in [-0.05, 0) is 13.3 Å². The highest BCUT2D eigenvalue weighted by Crippen LogP contribution is 2.16. The lowest BCUT2D eigenvalue weighted by Gasteiger charge is -2.38. The van der Waals surface area contributed by atoms with Crippen molar-refractivity contribution >= 4 is 23.3 Å². The summed E-state index contributed by atoms with van der Waals surface area (Å²) in [5.74, 6) is -0.422. The Balaban J connectivity index is 1.92. The molecule has 1 saturated heterocycles. The van der Waals surface area contributed by atoms with Crippen molar-refractivity contribution in [2.45, 2.75) is 19.4 Å². The van der Waals surface area contributed by atoms with E-state index in [-0.39, 0.29) is 12.1 Å². The minimum atomic E-state index is -0.422. The van der Waals surface area contributed by atoms with Crippen LogP contribution in [-0.4, -0.2) is 34.4 Å². The molecule has 1 atom stereocenters. The van der Waals surface area contributed by atoms with Crippen molar-refractivity contribution in [3.63, 3.8) is 0 Å². The zero-order valence-electron chi connectivity index (χ0n) is 8.27. The maximum atomic E-state index is 11.5. The Labute approximate surface area is 91.1 Å². The molecular formula is C9H11N3O2S. The predicted octanol–water partition coefficient (Wildman–Crippen LogP) is 1.09. The number of urea groups is 1. The molecule has 2 rings (SSSR count). The maximum absolute atomic E-state index is 11.5. The van der Waals surface area contributed by atoms with Gasteiger partial charge in [-0.15, -0.1) is 11.3 Å². The Kier molecular flexibility index (Phi) is 2.68. The summed E-state index contributed by atoms with van der Waals surface area (Å²) < 4.78 is 0. The van der Waals surface area contributed by atoms with Gasteiger partial charge in [0.1, 0.15) is 0 Å². The quantitative estimate of drug-likeness (QED) is 0.778. The normalized spacial score (nSPS) is 19.5. The van der Waals surface area contributed by atoms with Crippen LogP contribution in [0.3, 0.4) is 0 Å². The van der Waals surface area contributed by atoms with E-state index < -0.39 is 5.91 Å². The molecule has 0 aromatic carbocycles. The predicted molar refractivity (Wildman–Crippen MR) is 55.8 cm³/mol. The van der Waals surface area contributed by atoms with Crippen molar-refractivity contribution in [2.75, 3.05) is 6.54 Å². The zero-order chi connectivity index (χ0) is 10.8. The summed E-state index contributed by atoms with van der Waals surface area (Å²) in [7, 11) is 0. The fraction of sp³-hybridized carbons (Fsp3) is 0.444. The number of aromatic nitrogens is 1. The van der Waals surface area contributed by atoms with Crippen LogP contribution in [0.15, 0.2) is 11.6 Å². The summed E-state index contributed by atoms with van der Waals surface area (Å²) in [6.07, 6.45) is 2.54. The summed E-state index contributed by atoms with van der Waals surface area (Å²) in [6.45, 7) is 2.68. The van der Waals surface area contributed by atoms with E-state index >= 15 is 0 Å². The van der Waals surface area contributed by atoms with E-state index in [0.717, 1.165) is 13.0 Å². The molecule has 80 valence electrons. The van der Waals surface area contributed by atoms with Gasteiger partial charge < -0.3 is 4.90 Å². The van der Waals surface area contributed by atoms with Crippen LogP contribution in [0.25, 0.3) is 0 Å². The van der Waals surface area contributed by atoms with Crippen molar-refractivity contribution in [3.05, 3.63) is 16.6 Å². The molecule has 1 aliphatic rings. The number of rotatable bonds is 1. The van der Waals surface area contributed by atoms with E-state index in [0.29, 0.717) is 5.01 Å². The minimum Gasteiger partial charge on any atom is -0.322 e. The van der Waals surface area contributed by atoms with Crippen LogP contribution in [0.1, 0.15) is 23.1 Å². The van der Waals surface area contributed by atoms with Crippen LogP contribution in [0.5, 0.6) is 0 Å². The maximum Gasteiger partial charge on any atom is 0.324 e. The number of hydrogen-bond donors (Lipinski definition) is 1. The van der Waals surface area contributed by atoms with Crippen molar-refractivity contribution in [2.24, 2.45) is 0 Å². The van der Waals surface area contributed by atoms with Crippen LogP contribution in [-0.2, 0) is 0 Å². The SMILES string of the molecule is CC1CCN1C(=O)NC(=O)c1nccs1. The lowest BCUT2D eigenvalue weighted by Crippen LogP contribution is -2.54. The van der Waals surface area contributed by atoms with Gasteiger partial charge in [0.15, 0.2) is 5.01 Å². The molecule has 0 radical (unpaired) electrons.